The van der Waals surface area contributed by atoms with Gasteiger partial charge in [0.25, 0.3) is 0 Å². The summed E-state index contributed by atoms with van der Waals surface area (Å²) < 4.78 is 0. The molecule has 0 amide bonds. The van der Waals surface area contributed by atoms with Crippen LogP contribution < -0.4 is 5.32 Å². The van der Waals surface area contributed by atoms with E-state index in [-0.39, 0.29) is 0 Å². The minimum absolute atomic E-state index is 0.395. The Morgan fingerprint density at radius 2 is 2.05 bits per heavy atom. The van der Waals surface area contributed by atoms with Crippen LogP contribution in [0.3, 0.4) is 0 Å². The van der Waals surface area contributed by atoms with Crippen molar-refractivity contribution in [2.24, 2.45) is 0 Å². The zero-order valence-corrected chi connectivity index (χ0v) is 14.7. The number of hydrogen-bond acceptors (Lipinski definition) is 3. The molecular weight excluding hydrogens is 294 g/mol. The number of fused-ring (bicyclic) bond motifs is 1. The first-order valence-electron chi connectivity index (χ1n) is 8.18. The Hall–Kier alpha value is -0.640. The van der Waals surface area contributed by atoms with E-state index in [0.29, 0.717) is 6.04 Å². The van der Waals surface area contributed by atoms with Crippen LogP contribution in [-0.4, -0.2) is 6.54 Å². The fourth-order valence-electron chi connectivity index (χ4n) is 3.12. The molecule has 21 heavy (non-hydrogen) atoms. The minimum atomic E-state index is 0.395. The highest BCUT2D eigenvalue weighted by atomic mass is 32.1. The van der Waals surface area contributed by atoms with E-state index in [9.17, 15) is 0 Å². The molecule has 0 radical (unpaired) electrons. The van der Waals surface area contributed by atoms with Crippen molar-refractivity contribution in [3.8, 4) is 0 Å². The molecule has 0 saturated heterocycles. The SMILES string of the molecule is CCCNC(c1csc(C)c1)c1cc2c(s1)CCCCC2. The highest BCUT2D eigenvalue weighted by molar-refractivity contribution is 7.12. The Balaban J connectivity index is 1.89. The molecule has 1 unspecified atom stereocenters. The first-order valence-corrected chi connectivity index (χ1v) is 9.87. The normalized spacial score (nSPS) is 16.5. The van der Waals surface area contributed by atoms with E-state index in [0.717, 1.165) is 6.54 Å². The molecule has 0 fully saturated rings. The molecule has 1 aliphatic rings. The van der Waals surface area contributed by atoms with Crippen LogP contribution >= 0.6 is 22.7 Å². The second-order valence-corrected chi connectivity index (χ2v) is 8.32. The van der Waals surface area contributed by atoms with Crippen molar-refractivity contribution in [1.29, 1.82) is 0 Å². The van der Waals surface area contributed by atoms with Crippen molar-refractivity contribution in [2.75, 3.05) is 6.54 Å². The van der Waals surface area contributed by atoms with Gasteiger partial charge >= 0.3 is 0 Å². The molecule has 114 valence electrons. The summed E-state index contributed by atoms with van der Waals surface area (Å²) >= 11 is 3.92. The van der Waals surface area contributed by atoms with E-state index in [1.807, 2.05) is 11.3 Å². The maximum Gasteiger partial charge on any atom is 0.0679 e. The summed E-state index contributed by atoms with van der Waals surface area (Å²) in [6.07, 6.45) is 7.91. The van der Waals surface area contributed by atoms with Crippen molar-refractivity contribution in [1.82, 2.24) is 5.32 Å². The van der Waals surface area contributed by atoms with Gasteiger partial charge in [0, 0.05) is 14.6 Å². The summed E-state index contributed by atoms with van der Waals surface area (Å²) in [7, 11) is 0. The monoisotopic (exact) mass is 319 g/mol. The van der Waals surface area contributed by atoms with Gasteiger partial charge in [-0.2, -0.15) is 0 Å². The molecule has 0 spiro atoms. The van der Waals surface area contributed by atoms with Crippen molar-refractivity contribution >= 4 is 22.7 Å². The third-order valence-electron chi connectivity index (χ3n) is 4.23. The molecule has 1 aliphatic carbocycles. The Morgan fingerprint density at radius 3 is 2.81 bits per heavy atom. The van der Waals surface area contributed by atoms with Gasteiger partial charge in [0.05, 0.1) is 6.04 Å². The van der Waals surface area contributed by atoms with Gasteiger partial charge in [-0.05, 0) is 74.2 Å². The van der Waals surface area contributed by atoms with Gasteiger partial charge in [0.15, 0.2) is 0 Å². The zero-order valence-electron chi connectivity index (χ0n) is 13.1. The highest BCUT2D eigenvalue weighted by Gasteiger charge is 2.20. The predicted octanol–water partition coefficient (Wildman–Crippen LogP) is 5.48. The Kier molecular flexibility index (Phi) is 5.15. The summed E-state index contributed by atoms with van der Waals surface area (Å²) in [6.45, 7) is 5.53. The molecule has 0 aromatic carbocycles. The number of nitrogens with one attached hydrogen (secondary N) is 1. The standard InChI is InChI=1S/C18H25NS2/c1-3-9-19-18(15-10-13(2)20-12-15)17-11-14-7-5-4-6-8-16(14)21-17/h10-12,18-19H,3-9H2,1-2H3. The Labute approximate surface area is 136 Å². The fourth-order valence-corrected chi connectivity index (χ4v) is 5.21. The van der Waals surface area contributed by atoms with Gasteiger partial charge in [0.2, 0.25) is 0 Å². The molecule has 2 heterocycles. The maximum absolute atomic E-state index is 3.76. The molecular formula is C18H25NS2. The minimum Gasteiger partial charge on any atom is -0.306 e. The maximum atomic E-state index is 3.76. The van der Waals surface area contributed by atoms with Crippen molar-refractivity contribution < 1.29 is 0 Å². The average molecular weight is 320 g/mol. The fraction of sp³-hybridized carbons (Fsp3) is 0.556. The summed E-state index contributed by atoms with van der Waals surface area (Å²) in [5.41, 5.74) is 3.07. The lowest BCUT2D eigenvalue weighted by molar-refractivity contribution is 0.606. The molecule has 2 aromatic heterocycles. The first kappa shape index (κ1) is 15.3. The largest absolute Gasteiger partial charge is 0.306 e. The molecule has 0 aliphatic heterocycles. The highest BCUT2D eigenvalue weighted by Crippen LogP contribution is 2.36. The lowest BCUT2D eigenvalue weighted by Gasteiger charge is -2.16. The lowest BCUT2D eigenvalue weighted by atomic mass is 10.1. The van der Waals surface area contributed by atoms with E-state index in [4.69, 9.17) is 0 Å². The van der Waals surface area contributed by atoms with E-state index in [1.165, 1.54) is 53.8 Å². The number of rotatable bonds is 5. The predicted molar refractivity (Wildman–Crippen MR) is 94.8 cm³/mol. The molecule has 2 aromatic rings. The second-order valence-electron chi connectivity index (χ2n) is 6.04. The molecule has 3 rings (SSSR count). The Morgan fingerprint density at radius 1 is 1.19 bits per heavy atom. The molecule has 0 bridgehead atoms. The number of hydrogen-bond donors (Lipinski definition) is 1. The van der Waals surface area contributed by atoms with Crippen LogP contribution in [0.1, 0.15) is 64.4 Å². The molecule has 1 N–H and O–H groups in total. The van der Waals surface area contributed by atoms with E-state index in [2.05, 4.69) is 48.0 Å². The van der Waals surface area contributed by atoms with Gasteiger partial charge in [-0.15, -0.1) is 22.7 Å². The third kappa shape index (κ3) is 3.58. The molecule has 0 saturated carbocycles. The van der Waals surface area contributed by atoms with E-state index in [1.54, 1.807) is 10.4 Å². The summed E-state index contributed by atoms with van der Waals surface area (Å²) in [4.78, 5) is 4.58. The quantitative estimate of drug-likeness (QED) is 0.720. The Bertz CT molecular complexity index is 558. The van der Waals surface area contributed by atoms with Crippen molar-refractivity contribution in [3.63, 3.8) is 0 Å². The first-order chi connectivity index (χ1) is 10.3. The molecule has 3 heteroatoms. The van der Waals surface area contributed by atoms with Crippen LogP contribution in [0, 0.1) is 6.92 Å². The lowest BCUT2D eigenvalue weighted by Crippen LogP contribution is -2.21. The summed E-state index contributed by atoms with van der Waals surface area (Å²) in [6, 6.07) is 5.24. The van der Waals surface area contributed by atoms with Crippen LogP contribution in [0.15, 0.2) is 17.5 Å². The second kappa shape index (κ2) is 7.08. The van der Waals surface area contributed by atoms with Crippen molar-refractivity contribution in [2.45, 2.75) is 58.4 Å². The van der Waals surface area contributed by atoms with Crippen LogP contribution in [0.25, 0.3) is 0 Å². The number of aryl methyl sites for hydroxylation is 3. The molecule has 1 atom stereocenters. The average Bonchev–Trinajstić information content (AvgIpc) is 3.01. The number of thiophene rings is 2. The van der Waals surface area contributed by atoms with Crippen LogP contribution in [0.5, 0.6) is 0 Å². The van der Waals surface area contributed by atoms with Gasteiger partial charge in [-0.3, -0.25) is 0 Å². The van der Waals surface area contributed by atoms with Gasteiger partial charge in [-0.25, -0.2) is 0 Å². The molecule has 1 nitrogen and oxygen atoms in total. The topological polar surface area (TPSA) is 12.0 Å². The zero-order chi connectivity index (χ0) is 14.7. The van der Waals surface area contributed by atoms with Gasteiger partial charge < -0.3 is 5.32 Å². The van der Waals surface area contributed by atoms with E-state index >= 15 is 0 Å². The van der Waals surface area contributed by atoms with Crippen LogP contribution in [-0.2, 0) is 12.8 Å². The van der Waals surface area contributed by atoms with Crippen LogP contribution in [0.4, 0.5) is 0 Å². The van der Waals surface area contributed by atoms with Crippen LogP contribution in [0.2, 0.25) is 0 Å². The van der Waals surface area contributed by atoms with Gasteiger partial charge in [-0.1, -0.05) is 13.3 Å². The summed E-state index contributed by atoms with van der Waals surface area (Å²) in [5, 5.41) is 6.08. The van der Waals surface area contributed by atoms with Gasteiger partial charge in [0.1, 0.15) is 0 Å². The third-order valence-corrected chi connectivity index (χ3v) is 6.41. The van der Waals surface area contributed by atoms with E-state index < -0.39 is 0 Å². The van der Waals surface area contributed by atoms with Crippen molar-refractivity contribution in [3.05, 3.63) is 43.3 Å². The summed E-state index contributed by atoms with van der Waals surface area (Å²) in [5.74, 6) is 0. The smallest absolute Gasteiger partial charge is 0.0679 e.